The van der Waals surface area contributed by atoms with Gasteiger partial charge in [-0.1, -0.05) is 45.0 Å². The van der Waals surface area contributed by atoms with E-state index in [4.69, 9.17) is 0 Å². The highest BCUT2D eigenvalue weighted by atomic mass is 16.4. The Morgan fingerprint density at radius 1 is 1.23 bits per heavy atom. The molecule has 122 valence electrons. The number of carboxylic acids is 1. The van der Waals surface area contributed by atoms with Crippen LogP contribution in [0.25, 0.3) is 0 Å². The van der Waals surface area contributed by atoms with E-state index >= 15 is 0 Å². The molecule has 0 saturated carbocycles. The molecular formula is C18H28N2O2. The van der Waals surface area contributed by atoms with Crippen LogP contribution in [-0.4, -0.2) is 53.6 Å². The Morgan fingerprint density at radius 2 is 1.82 bits per heavy atom. The average molecular weight is 304 g/mol. The molecule has 0 spiro atoms. The van der Waals surface area contributed by atoms with Crippen LogP contribution in [0.3, 0.4) is 0 Å². The molecule has 1 aliphatic rings. The third-order valence-corrected chi connectivity index (χ3v) is 4.68. The lowest BCUT2D eigenvalue weighted by Crippen LogP contribution is -2.52. The van der Waals surface area contributed by atoms with Crippen molar-refractivity contribution in [2.75, 3.05) is 26.7 Å². The lowest BCUT2D eigenvalue weighted by atomic mass is 9.86. The first-order valence-electron chi connectivity index (χ1n) is 7.97. The van der Waals surface area contributed by atoms with Crippen molar-refractivity contribution in [3.05, 3.63) is 35.4 Å². The molecule has 4 heteroatoms. The normalized spacial score (nSPS) is 22.5. The molecule has 1 aromatic rings. The van der Waals surface area contributed by atoms with Crippen molar-refractivity contribution < 1.29 is 9.90 Å². The molecule has 0 aliphatic carbocycles. The van der Waals surface area contributed by atoms with Crippen LogP contribution in [0.15, 0.2) is 24.3 Å². The number of benzene rings is 1. The molecule has 0 amide bonds. The SMILES string of the molecule is CC1CN(C(C(=O)O)c2ccc(C(C)(C)C)cc2)CCN1C. The van der Waals surface area contributed by atoms with E-state index < -0.39 is 12.0 Å². The van der Waals surface area contributed by atoms with E-state index in [9.17, 15) is 9.90 Å². The van der Waals surface area contributed by atoms with Gasteiger partial charge in [-0.2, -0.15) is 0 Å². The van der Waals surface area contributed by atoms with Crippen molar-refractivity contribution in [3.8, 4) is 0 Å². The second-order valence-electron chi connectivity index (χ2n) is 7.44. The fraction of sp³-hybridized carbons (Fsp3) is 0.611. The number of aliphatic carboxylic acids is 1. The fourth-order valence-electron chi connectivity index (χ4n) is 2.99. The maximum atomic E-state index is 11.8. The molecule has 0 bridgehead atoms. The second-order valence-corrected chi connectivity index (χ2v) is 7.44. The molecule has 0 radical (unpaired) electrons. The Bertz CT molecular complexity index is 519. The first-order valence-corrected chi connectivity index (χ1v) is 7.97. The van der Waals surface area contributed by atoms with E-state index in [2.05, 4.69) is 56.7 Å². The molecule has 4 nitrogen and oxygen atoms in total. The Morgan fingerprint density at radius 3 is 2.27 bits per heavy atom. The number of piperazine rings is 1. The van der Waals surface area contributed by atoms with Gasteiger partial charge in [-0.05, 0) is 30.5 Å². The highest BCUT2D eigenvalue weighted by molar-refractivity contribution is 5.75. The van der Waals surface area contributed by atoms with Gasteiger partial charge in [0.2, 0.25) is 0 Å². The van der Waals surface area contributed by atoms with Gasteiger partial charge in [0.25, 0.3) is 0 Å². The summed E-state index contributed by atoms with van der Waals surface area (Å²) in [6.07, 6.45) is 0. The monoisotopic (exact) mass is 304 g/mol. The van der Waals surface area contributed by atoms with E-state index in [-0.39, 0.29) is 5.41 Å². The van der Waals surface area contributed by atoms with Crippen LogP contribution in [0.4, 0.5) is 0 Å². The van der Waals surface area contributed by atoms with Crippen LogP contribution in [0, 0.1) is 0 Å². The van der Waals surface area contributed by atoms with Crippen LogP contribution < -0.4 is 0 Å². The van der Waals surface area contributed by atoms with Crippen molar-refractivity contribution in [2.45, 2.75) is 45.2 Å². The van der Waals surface area contributed by atoms with Crippen molar-refractivity contribution >= 4 is 5.97 Å². The number of nitrogens with zero attached hydrogens (tertiary/aromatic N) is 2. The zero-order chi connectivity index (χ0) is 16.5. The van der Waals surface area contributed by atoms with Crippen molar-refractivity contribution in [3.63, 3.8) is 0 Å². The highest BCUT2D eigenvalue weighted by Crippen LogP contribution is 2.27. The van der Waals surface area contributed by atoms with Gasteiger partial charge in [-0.3, -0.25) is 9.69 Å². The molecule has 2 atom stereocenters. The van der Waals surface area contributed by atoms with Gasteiger partial charge in [0.1, 0.15) is 6.04 Å². The number of rotatable bonds is 3. The molecule has 0 aromatic heterocycles. The van der Waals surface area contributed by atoms with Crippen molar-refractivity contribution in [1.82, 2.24) is 9.80 Å². The van der Waals surface area contributed by atoms with E-state index in [0.717, 1.165) is 25.2 Å². The first kappa shape index (κ1) is 17.0. The molecule has 1 N–H and O–H groups in total. The minimum absolute atomic E-state index is 0.0829. The minimum Gasteiger partial charge on any atom is -0.480 e. The number of carbonyl (C=O) groups is 1. The zero-order valence-corrected chi connectivity index (χ0v) is 14.3. The summed E-state index contributed by atoms with van der Waals surface area (Å²) < 4.78 is 0. The number of hydrogen-bond acceptors (Lipinski definition) is 3. The molecule has 1 heterocycles. The van der Waals surface area contributed by atoms with Crippen molar-refractivity contribution in [1.29, 1.82) is 0 Å². The van der Waals surface area contributed by atoms with Crippen LogP contribution >= 0.6 is 0 Å². The first-order chi connectivity index (χ1) is 10.2. The summed E-state index contributed by atoms with van der Waals surface area (Å²) in [6.45, 7) is 11.1. The van der Waals surface area contributed by atoms with E-state index in [0.29, 0.717) is 6.04 Å². The van der Waals surface area contributed by atoms with Crippen LogP contribution in [0.5, 0.6) is 0 Å². The van der Waals surface area contributed by atoms with E-state index in [1.165, 1.54) is 5.56 Å². The Labute approximate surface area is 133 Å². The van der Waals surface area contributed by atoms with Gasteiger partial charge in [0.15, 0.2) is 0 Å². The van der Waals surface area contributed by atoms with Crippen LogP contribution in [-0.2, 0) is 10.2 Å². The van der Waals surface area contributed by atoms with Gasteiger partial charge < -0.3 is 10.0 Å². The summed E-state index contributed by atoms with van der Waals surface area (Å²) in [5, 5.41) is 9.70. The summed E-state index contributed by atoms with van der Waals surface area (Å²) in [7, 11) is 2.09. The summed E-state index contributed by atoms with van der Waals surface area (Å²) in [5.41, 5.74) is 2.18. The zero-order valence-electron chi connectivity index (χ0n) is 14.3. The van der Waals surface area contributed by atoms with Gasteiger partial charge in [-0.15, -0.1) is 0 Å². The Hall–Kier alpha value is -1.39. The predicted molar refractivity (Wildman–Crippen MR) is 89.2 cm³/mol. The fourth-order valence-corrected chi connectivity index (χ4v) is 2.99. The lowest BCUT2D eigenvalue weighted by Gasteiger charge is -2.40. The topological polar surface area (TPSA) is 43.8 Å². The molecule has 1 aliphatic heterocycles. The molecule has 22 heavy (non-hydrogen) atoms. The summed E-state index contributed by atoms with van der Waals surface area (Å²) in [5.74, 6) is -0.764. The maximum absolute atomic E-state index is 11.8. The Balaban J connectivity index is 2.23. The van der Waals surface area contributed by atoms with Crippen molar-refractivity contribution in [2.24, 2.45) is 0 Å². The van der Waals surface area contributed by atoms with Crippen LogP contribution in [0.1, 0.15) is 44.9 Å². The number of carboxylic acid groups (broad SMARTS) is 1. The van der Waals surface area contributed by atoms with Gasteiger partial charge in [0.05, 0.1) is 0 Å². The predicted octanol–water partition coefficient (Wildman–Crippen LogP) is 2.75. The van der Waals surface area contributed by atoms with E-state index in [1.54, 1.807) is 0 Å². The number of likely N-dealkylation sites (N-methyl/N-ethyl adjacent to an activating group) is 1. The summed E-state index contributed by atoms with van der Waals surface area (Å²) >= 11 is 0. The van der Waals surface area contributed by atoms with Gasteiger partial charge in [0, 0.05) is 25.7 Å². The molecule has 1 aromatic carbocycles. The maximum Gasteiger partial charge on any atom is 0.325 e. The van der Waals surface area contributed by atoms with E-state index in [1.807, 2.05) is 12.1 Å². The summed E-state index contributed by atoms with van der Waals surface area (Å²) in [4.78, 5) is 16.2. The molecule has 1 saturated heterocycles. The molecular weight excluding hydrogens is 276 g/mol. The van der Waals surface area contributed by atoms with Crippen LogP contribution in [0.2, 0.25) is 0 Å². The van der Waals surface area contributed by atoms with Gasteiger partial charge >= 0.3 is 5.97 Å². The number of hydrogen-bond donors (Lipinski definition) is 1. The van der Waals surface area contributed by atoms with Gasteiger partial charge in [-0.25, -0.2) is 0 Å². The molecule has 2 rings (SSSR count). The third kappa shape index (κ3) is 3.68. The highest BCUT2D eigenvalue weighted by Gasteiger charge is 2.32. The largest absolute Gasteiger partial charge is 0.480 e. The molecule has 1 fully saturated rings. The second kappa shape index (κ2) is 6.39. The average Bonchev–Trinajstić information content (AvgIpc) is 2.42. The summed E-state index contributed by atoms with van der Waals surface area (Å²) in [6, 6.07) is 7.90. The Kier molecular flexibility index (Phi) is 4.93. The minimum atomic E-state index is -0.764. The third-order valence-electron chi connectivity index (χ3n) is 4.68. The standard InChI is InChI=1S/C18H28N2O2/c1-13-12-20(11-10-19(13)5)16(17(21)22)14-6-8-15(9-7-14)18(2,3)4/h6-9,13,16H,10-12H2,1-5H3,(H,21,22). The smallest absolute Gasteiger partial charge is 0.325 e. The quantitative estimate of drug-likeness (QED) is 0.932. The lowest BCUT2D eigenvalue weighted by molar-refractivity contribution is -0.144. The molecule has 2 unspecified atom stereocenters.